The number of carboxylic acids is 1. The highest BCUT2D eigenvalue weighted by Crippen LogP contribution is 2.23. The number of hydrogen-bond acceptors (Lipinski definition) is 4. The van der Waals surface area contributed by atoms with Crippen molar-refractivity contribution in [3.8, 4) is 11.5 Å². The molecule has 0 saturated heterocycles. The van der Waals surface area contributed by atoms with Crippen LogP contribution in [0.4, 0.5) is 0 Å². The van der Waals surface area contributed by atoms with Crippen molar-refractivity contribution in [2.24, 2.45) is 0 Å². The van der Waals surface area contributed by atoms with Crippen LogP contribution in [-0.4, -0.2) is 26.2 Å². The number of benzene rings is 1. The minimum atomic E-state index is -1.07. The van der Waals surface area contributed by atoms with Gasteiger partial charge in [0.05, 0.1) is 20.2 Å². The Morgan fingerprint density at radius 1 is 1.41 bits per heavy atom. The molecule has 94 valence electrons. The highest BCUT2D eigenvalue weighted by Gasteiger charge is 2.10. The summed E-state index contributed by atoms with van der Waals surface area (Å²) in [5, 5.41) is 12.3. The number of quaternary nitrogens is 1. The van der Waals surface area contributed by atoms with Gasteiger partial charge in [-0.05, 0) is 19.1 Å². The number of nitrogens with two attached hydrogens (primary N) is 1. The van der Waals surface area contributed by atoms with E-state index in [-0.39, 0.29) is 0 Å². The molecule has 1 atom stereocenters. The standard InChI is InChI=1S/C12H17NO4/c1-8(12(14)15)13-7-9-4-5-10(16-2)6-11(9)17-3/h4-6,8,13H,7H2,1-3H3,(H,14,15)/t8-/m1/s1. The van der Waals surface area contributed by atoms with Gasteiger partial charge in [0.2, 0.25) is 0 Å². The first-order chi connectivity index (χ1) is 8.08. The van der Waals surface area contributed by atoms with Gasteiger partial charge in [-0.15, -0.1) is 0 Å². The molecule has 0 aliphatic heterocycles. The lowest BCUT2D eigenvalue weighted by Crippen LogP contribution is -2.90. The molecule has 0 unspecified atom stereocenters. The maximum absolute atomic E-state index is 10.6. The molecule has 0 fully saturated rings. The number of ether oxygens (including phenoxy) is 2. The predicted octanol–water partition coefficient (Wildman–Crippen LogP) is -1.09. The van der Waals surface area contributed by atoms with Crippen LogP contribution in [0, 0.1) is 0 Å². The van der Waals surface area contributed by atoms with Crippen molar-refractivity contribution >= 4 is 5.97 Å². The first-order valence-electron chi connectivity index (χ1n) is 5.33. The van der Waals surface area contributed by atoms with E-state index in [9.17, 15) is 9.90 Å². The van der Waals surface area contributed by atoms with Crippen LogP contribution in [0.3, 0.4) is 0 Å². The van der Waals surface area contributed by atoms with Crippen LogP contribution < -0.4 is 19.9 Å². The summed E-state index contributed by atoms with van der Waals surface area (Å²) in [6.07, 6.45) is 0. The molecule has 17 heavy (non-hydrogen) atoms. The van der Waals surface area contributed by atoms with Gasteiger partial charge in [-0.25, -0.2) is 0 Å². The van der Waals surface area contributed by atoms with Crippen molar-refractivity contribution in [3.63, 3.8) is 0 Å². The van der Waals surface area contributed by atoms with E-state index in [2.05, 4.69) is 0 Å². The Kier molecular flexibility index (Phi) is 4.78. The summed E-state index contributed by atoms with van der Waals surface area (Å²) in [7, 11) is 3.15. The molecule has 0 bridgehead atoms. The average molecular weight is 239 g/mol. The molecule has 0 spiro atoms. The van der Waals surface area contributed by atoms with Gasteiger partial charge in [0.15, 0.2) is 0 Å². The summed E-state index contributed by atoms with van der Waals surface area (Å²) >= 11 is 0. The maximum Gasteiger partial charge on any atom is 0.131 e. The lowest BCUT2D eigenvalue weighted by molar-refractivity contribution is -0.695. The van der Waals surface area contributed by atoms with Gasteiger partial charge < -0.3 is 24.7 Å². The van der Waals surface area contributed by atoms with E-state index in [1.165, 1.54) is 0 Å². The lowest BCUT2D eigenvalue weighted by Gasteiger charge is -2.13. The zero-order valence-corrected chi connectivity index (χ0v) is 10.2. The van der Waals surface area contributed by atoms with E-state index >= 15 is 0 Å². The largest absolute Gasteiger partial charge is 0.544 e. The number of rotatable bonds is 6. The van der Waals surface area contributed by atoms with Crippen molar-refractivity contribution in [2.75, 3.05) is 14.2 Å². The summed E-state index contributed by atoms with van der Waals surface area (Å²) in [4.78, 5) is 10.6. The highest BCUT2D eigenvalue weighted by atomic mass is 16.5. The van der Waals surface area contributed by atoms with Gasteiger partial charge in [0, 0.05) is 11.6 Å². The van der Waals surface area contributed by atoms with Gasteiger partial charge in [0.1, 0.15) is 24.1 Å². The molecule has 0 saturated carbocycles. The molecule has 1 rings (SSSR count). The normalized spacial score (nSPS) is 11.9. The van der Waals surface area contributed by atoms with Crippen LogP contribution in [-0.2, 0) is 11.3 Å². The Bertz CT molecular complexity index is 392. The predicted molar refractivity (Wildman–Crippen MR) is 59.6 cm³/mol. The minimum Gasteiger partial charge on any atom is -0.544 e. The number of aliphatic carboxylic acids is 1. The highest BCUT2D eigenvalue weighted by molar-refractivity contribution is 5.68. The van der Waals surface area contributed by atoms with Crippen molar-refractivity contribution in [2.45, 2.75) is 19.5 Å². The van der Waals surface area contributed by atoms with E-state index in [0.717, 1.165) is 5.56 Å². The monoisotopic (exact) mass is 239 g/mol. The Balaban J connectivity index is 2.73. The Hall–Kier alpha value is -1.75. The summed E-state index contributed by atoms with van der Waals surface area (Å²) in [5.41, 5.74) is 0.918. The van der Waals surface area contributed by atoms with E-state index in [0.29, 0.717) is 18.0 Å². The average Bonchev–Trinajstić information content (AvgIpc) is 2.35. The fourth-order valence-corrected chi connectivity index (χ4v) is 1.42. The number of carbonyl (C=O) groups is 1. The van der Waals surface area contributed by atoms with Crippen LogP contribution >= 0.6 is 0 Å². The van der Waals surface area contributed by atoms with E-state index in [1.807, 2.05) is 12.1 Å². The van der Waals surface area contributed by atoms with Gasteiger partial charge in [0.25, 0.3) is 0 Å². The molecule has 0 aliphatic rings. The van der Waals surface area contributed by atoms with Crippen LogP contribution in [0.2, 0.25) is 0 Å². The fraction of sp³-hybridized carbons (Fsp3) is 0.417. The molecular weight excluding hydrogens is 222 g/mol. The quantitative estimate of drug-likeness (QED) is 0.684. The van der Waals surface area contributed by atoms with Crippen molar-refractivity contribution in [3.05, 3.63) is 23.8 Å². The third-order valence-electron chi connectivity index (χ3n) is 2.56. The van der Waals surface area contributed by atoms with Crippen molar-refractivity contribution in [1.29, 1.82) is 0 Å². The summed E-state index contributed by atoms with van der Waals surface area (Å²) in [5.74, 6) is 0.321. The third-order valence-corrected chi connectivity index (χ3v) is 2.56. The molecule has 1 aromatic rings. The molecular formula is C12H17NO4. The minimum absolute atomic E-state index is 0.516. The summed E-state index contributed by atoms with van der Waals surface area (Å²) < 4.78 is 10.3. The Morgan fingerprint density at radius 3 is 2.65 bits per heavy atom. The van der Waals surface area contributed by atoms with Gasteiger partial charge in [-0.3, -0.25) is 0 Å². The van der Waals surface area contributed by atoms with Gasteiger partial charge in [-0.1, -0.05) is 0 Å². The number of hydrogen-bond donors (Lipinski definition) is 1. The van der Waals surface area contributed by atoms with E-state index in [1.54, 1.807) is 32.5 Å². The number of carbonyl (C=O) groups excluding carboxylic acids is 1. The molecule has 2 N–H and O–H groups in total. The molecule has 0 amide bonds. The SMILES string of the molecule is COc1ccc(C[NH2+][C@H](C)C(=O)[O-])c(OC)c1. The molecule has 1 aromatic carbocycles. The van der Waals surface area contributed by atoms with Gasteiger partial charge >= 0.3 is 0 Å². The third kappa shape index (κ3) is 3.64. The van der Waals surface area contributed by atoms with E-state index in [4.69, 9.17) is 9.47 Å². The maximum atomic E-state index is 10.6. The van der Waals surface area contributed by atoms with Crippen LogP contribution in [0.5, 0.6) is 11.5 Å². The van der Waals surface area contributed by atoms with Gasteiger partial charge in [-0.2, -0.15) is 0 Å². The topological polar surface area (TPSA) is 75.2 Å². The summed E-state index contributed by atoms with van der Waals surface area (Å²) in [6, 6.07) is 4.86. The molecule has 0 aromatic heterocycles. The Labute approximate surface area is 100 Å². The molecule has 0 aliphatic carbocycles. The molecule has 0 radical (unpaired) electrons. The first-order valence-corrected chi connectivity index (χ1v) is 5.33. The van der Waals surface area contributed by atoms with Crippen LogP contribution in [0.1, 0.15) is 12.5 Å². The smallest absolute Gasteiger partial charge is 0.131 e. The van der Waals surface area contributed by atoms with Crippen LogP contribution in [0.15, 0.2) is 18.2 Å². The zero-order chi connectivity index (χ0) is 12.8. The van der Waals surface area contributed by atoms with Crippen molar-refractivity contribution < 1.29 is 24.7 Å². The Morgan fingerprint density at radius 2 is 2.12 bits per heavy atom. The van der Waals surface area contributed by atoms with Crippen LogP contribution in [0.25, 0.3) is 0 Å². The molecule has 5 nitrogen and oxygen atoms in total. The number of carboxylic acid groups (broad SMARTS) is 1. The zero-order valence-electron chi connectivity index (χ0n) is 10.2. The fourth-order valence-electron chi connectivity index (χ4n) is 1.42. The number of methoxy groups -OCH3 is 2. The first kappa shape index (κ1) is 13.3. The molecule has 0 heterocycles. The van der Waals surface area contributed by atoms with Crippen molar-refractivity contribution in [1.82, 2.24) is 0 Å². The van der Waals surface area contributed by atoms with E-state index < -0.39 is 12.0 Å². The second kappa shape index (κ2) is 6.10. The summed E-state index contributed by atoms with van der Waals surface area (Å²) in [6.45, 7) is 2.10. The molecule has 5 heteroatoms. The lowest BCUT2D eigenvalue weighted by atomic mass is 10.1. The second-order valence-corrected chi connectivity index (χ2v) is 3.73. The second-order valence-electron chi connectivity index (χ2n) is 3.73.